The fourth-order valence-electron chi connectivity index (χ4n) is 2.01. The Labute approximate surface area is 152 Å². The van der Waals surface area contributed by atoms with Crippen molar-refractivity contribution in [1.29, 1.82) is 0 Å². The first-order valence-corrected chi connectivity index (χ1v) is 9.68. The van der Waals surface area contributed by atoms with E-state index in [9.17, 15) is 13.2 Å². The second-order valence-electron chi connectivity index (χ2n) is 5.38. The smallest absolute Gasteiger partial charge is 0.307 e. The van der Waals surface area contributed by atoms with Crippen LogP contribution in [-0.4, -0.2) is 41.1 Å². The fourth-order valence-corrected chi connectivity index (χ4v) is 2.82. The molecule has 0 aliphatic heterocycles. The Morgan fingerprint density at radius 1 is 1.31 bits per heavy atom. The monoisotopic (exact) mass is 379 g/mol. The molecule has 1 aromatic carbocycles. The largest absolute Gasteiger partial charge is 0.457 e. The van der Waals surface area contributed by atoms with Gasteiger partial charge >= 0.3 is 5.97 Å². The van der Waals surface area contributed by atoms with Crippen LogP contribution in [0.25, 0.3) is 6.08 Å². The molecule has 2 aromatic rings. The maximum atomic E-state index is 11.9. The number of nitrogens with zero attached hydrogens (tertiary/aromatic N) is 4. The van der Waals surface area contributed by atoms with E-state index in [2.05, 4.69) is 20.2 Å². The van der Waals surface area contributed by atoms with Gasteiger partial charge in [-0.15, -0.1) is 5.10 Å². The third-order valence-electron chi connectivity index (χ3n) is 3.28. The van der Waals surface area contributed by atoms with E-state index < -0.39 is 16.0 Å². The summed E-state index contributed by atoms with van der Waals surface area (Å²) in [6.07, 6.45) is 2.24. The number of hydrogen-bond donors (Lipinski definition) is 1. The van der Waals surface area contributed by atoms with Crippen molar-refractivity contribution in [2.45, 2.75) is 32.9 Å². The molecule has 140 valence electrons. The summed E-state index contributed by atoms with van der Waals surface area (Å²) in [5.74, 6) is -0.0858. The number of hydrogen-bond acceptors (Lipinski definition) is 7. The molecule has 0 radical (unpaired) electrons. The zero-order chi connectivity index (χ0) is 18.8. The summed E-state index contributed by atoms with van der Waals surface area (Å²) in [7, 11) is -3.62. The highest BCUT2D eigenvalue weighted by Crippen LogP contribution is 2.03. The van der Waals surface area contributed by atoms with E-state index >= 15 is 0 Å². The third kappa shape index (κ3) is 6.73. The van der Waals surface area contributed by atoms with Gasteiger partial charge in [0.15, 0.2) is 12.4 Å². The lowest BCUT2D eigenvalue weighted by Crippen LogP contribution is -2.25. The summed E-state index contributed by atoms with van der Waals surface area (Å²) in [6.45, 7) is 2.51. The van der Waals surface area contributed by atoms with Crippen LogP contribution in [0.15, 0.2) is 35.7 Å². The molecule has 26 heavy (non-hydrogen) atoms. The average Bonchev–Trinajstić information content (AvgIpc) is 3.07. The fraction of sp³-hybridized carbons (Fsp3) is 0.375. The molecular weight excluding hydrogens is 358 g/mol. The first-order chi connectivity index (χ1) is 12.5. The van der Waals surface area contributed by atoms with Crippen molar-refractivity contribution < 1.29 is 17.9 Å². The summed E-state index contributed by atoms with van der Waals surface area (Å²) in [5.41, 5.74) is 0.766. The Bertz CT molecular complexity index is 833. The van der Waals surface area contributed by atoms with Crippen molar-refractivity contribution in [3.8, 4) is 0 Å². The standard InChI is InChI=1S/C16H21N5O4S/c1-2-11-21-15(18-19-20-21)13-25-16(22)8-10-17-26(23,24)12-9-14-6-4-3-5-7-14/h3-7,9,12,17H,2,8,10-11,13H2,1H3/b12-9+. The molecule has 0 unspecified atom stereocenters. The van der Waals surface area contributed by atoms with Crippen LogP contribution in [0.3, 0.4) is 0 Å². The minimum absolute atomic E-state index is 0.0491. The summed E-state index contributed by atoms with van der Waals surface area (Å²) in [5, 5.41) is 12.2. The number of carbonyl (C=O) groups is 1. The van der Waals surface area contributed by atoms with Gasteiger partial charge in [-0.3, -0.25) is 4.79 Å². The number of esters is 1. The average molecular weight is 379 g/mol. The highest BCUT2D eigenvalue weighted by Gasteiger charge is 2.11. The molecule has 2 rings (SSSR count). The molecule has 0 amide bonds. The summed E-state index contributed by atoms with van der Waals surface area (Å²) < 4.78 is 32.7. The predicted octanol–water partition coefficient (Wildman–Crippen LogP) is 1.11. The predicted molar refractivity (Wildman–Crippen MR) is 94.9 cm³/mol. The number of carbonyl (C=O) groups excluding carboxylic acids is 1. The van der Waals surface area contributed by atoms with Gasteiger partial charge in [0, 0.05) is 18.5 Å². The Hall–Kier alpha value is -2.59. The van der Waals surface area contributed by atoms with Crippen molar-refractivity contribution >= 4 is 22.1 Å². The molecule has 1 N–H and O–H groups in total. The first kappa shape index (κ1) is 19.7. The number of aromatic nitrogens is 4. The van der Waals surface area contributed by atoms with Gasteiger partial charge in [-0.05, 0) is 28.5 Å². The van der Waals surface area contributed by atoms with E-state index in [-0.39, 0.29) is 19.6 Å². The second kappa shape index (κ2) is 9.78. The van der Waals surface area contributed by atoms with Gasteiger partial charge in [0.1, 0.15) is 0 Å². The second-order valence-corrected chi connectivity index (χ2v) is 7.03. The van der Waals surface area contributed by atoms with Crippen molar-refractivity contribution in [1.82, 2.24) is 24.9 Å². The summed E-state index contributed by atoms with van der Waals surface area (Å²) >= 11 is 0. The van der Waals surface area contributed by atoms with Crippen LogP contribution in [-0.2, 0) is 32.7 Å². The van der Waals surface area contributed by atoms with E-state index in [1.807, 2.05) is 25.1 Å². The van der Waals surface area contributed by atoms with Crippen LogP contribution in [0.2, 0.25) is 0 Å². The molecule has 9 nitrogen and oxygen atoms in total. The molecule has 10 heteroatoms. The molecule has 0 fully saturated rings. The molecule has 0 aliphatic rings. The van der Waals surface area contributed by atoms with Gasteiger partial charge in [-0.1, -0.05) is 37.3 Å². The highest BCUT2D eigenvalue weighted by atomic mass is 32.2. The number of rotatable bonds is 10. The van der Waals surface area contributed by atoms with Crippen molar-refractivity contribution in [3.63, 3.8) is 0 Å². The molecule has 0 bridgehead atoms. The number of sulfonamides is 1. The third-order valence-corrected chi connectivity index (χ3v) is 4.38. The van der Waals surface area contributed by atoms with E-state index in [0.717, 1.165) is 17.4 Å². The van der Waals surface area contributed by atoms with Gasteiger partial charge in [-0.2, -0.15) is 0 Å². The maximum absolute atomic E-state index is 11.9. The summed E-state index contributed by atoms with van der Waals surface area (Å²) in [6, 6.07) is 9.04. The Morgan fingerprint density at radius 3 is 2.81 bits per heavy atom. The van der Waals surface area contributed by atoms with E-state index in [0.29, 0.717) is 12.4 Å². The molecule has 0 saturated heterocycles. The number of tetrazole rings is 1. The van der Waals surface area contributed by atoms with E-state index in [1.165, 1.54) is 6.08 Å². The molecule has 0 spiro atoms. The minimum Gasteiger partial charge on any atom is -0.457 e. The maximum Gasteiger partial charge on any atom is 0.307 e. The van der Waals surface area contributed by atoms with Crippen LogP contribution in [0.4, 0.5) is 0 Å². The lowest BCUT2D eigenvalue weighted by molar-refractivity contribution is -0.145. The Kier molecular flexibility index (Phi) is 7.42. The van der Waals surface area contributed by atoms with Crippen LogP contribution in [0, 0.1) is 0 Å². The zero-order valence-corrected chi connectivity index (χ0v) is 15.2. The van der Waals surface area contributed by atoms with Crippen molar-refractivity contribution in [3.05, 3.63) is 47.1 Å². The van der Waals surface area contributed by atoms with Gasteiger partial charge in [-0.25, -0.2) is 17.8 Å². The molecular formula is C16H21N5O4S. The number of nitrogens with one attached hydrogen (secondary N) is 1. The molecule has 1 aromatic heterocycles. The van der Waals surface area contributed by atoms with Gasteiger partial charge in [0.05, 0.1) is 6.42 Å². The van der Waals surface area contributed by atoms with Gasteiger partial charge < -0.3 is 4.74 Å². The summed E-state index contributed by atoms with van der Waals surface area (Å²) in [4.78, 5) is 11.7. The molecule has 0 saturated carbocycles. The SMILES string of the molecule is CCCn1nnnc1COC(=O)CCNS(=O)(=O)/C=C/c1ccccc1. The first-order valence-electron chi connectivity index (χ1n) is 8.13. The van der Waals surface area contributed by atoms with Gasteiger partial charge in [0.25, 0.3) is 0 Å². The van der Waals surface area contributed by atoms with Gasteiger partial charge in [0.2, 0.25) is 10.0 Å². The van der Waals surface area contributed by atoms with Crippen LogP contribution in [0.5, 0.6) is 0 Å². The lowest BCUT2D eigenvalue weighted by Gasteiger charge is -2.05. The van der Waals surface area contributed by atoms with E-state index in [1.54, 1.807) is 16.8 Å². The number of aryl methyl sites for hydroxylation is 1. The highest BCUT2D eigenvalue weighted by molar-refractivity contribution is 7.92. The van der Waals surface area contributed by atoms with Crippen LogP contribution in [0.1, 0.15) is 31.2 Å². The van der Waals surface area contributed by atoms with Crippen LogP contribution < -0.4 is 4.72 Å². The Balaban J connectivity index is 1.73. The molecule has 0 aliphatic carbocycles. The normalized spacial score (nSPS) is 11.7. The Morgan fingerprint density at radius 2 is 2.08 bits per heavy atom. The van der Waals surface area contributed by atoms with Crippen LogP contribution >= 0.6 is 0 Å². The minimum atomic E-state index is -3.62. The quantitative estimate of drug-likeness (QED) is 0.615. The van der Waals surface area contributed by atoms with E-state index in [4.69, 9.17) is 4.74 Å². The number of ether oxygens (including phenoxy) is 1. The van der Waals surface area contributed by atoms with Crippen molar-refractivity contribution in [2.24, 2.45) is 0 Å². The lowest BCUT2D eigenvalue weighted by atomic mass is 10.2. The zero-order valence-electron chi connectivity index (χ0n) is 14.4. The number of benzene rings is 1. The molecule has 0 atom stereocenters. The van der Waals surface area contributed by atoms with Crippen molar-refractivity contribution in [2.75, 3.05) is 6.54 Å². The molecule has 1 heterocycles. The topological polar surface area (TPSA) is 116 Å².